The molecule has 28 heavy (non-hydrogen) atoms. The van der Waals surface area contributed by atoms with Gasteiger partial charge in [-0.1, -0.05) is 5.92 Å². The molecule has 1 N–H and O–H groups in total. The number of alkyl halides is 3. The van der Waals surface area contributed by atoms with Crippen LogP contribution in [0.1, 0.15) is 24.2 Å². The summed E-state index contributed by atoms with van der Waals surface area (Å²) in [7, 11) is 1.59. The van der Waals surface area contributed by atoms with Gasteiger partial charge in [-0.25, -0.2) is 0 Å². The number of nitrogens with zero attached hydrogens (tertiary/aromatic N) is 1. The van der Waals surface area contributed by atoms with Gasteiger partial charge < -0.3 is 19.5 Å². The smallest absolute Gasteiger partial charge is 0.490 e. The largest absolute Gasteiger partial charge is 0.573 e. The maximum absolute atomic E-state index is 12.4. The van der Waals surface area contributed by atoms with Crippen LogP contribution >= 0.6 is 0 Å². The molecule has 0 spiro atoms. The van der Waals surface area contributed by atoms with E-state index in [1.165, 1.54) is 18.2 Å². The van der Waals surface area contributed by atoms with Gasteiger partial charge in [-0.15, -0.1) is 19.1 Å². The first-order chi connectivity index (χ1) is 13.3. The molecule has 0 aliphatic rings. The van der Waals surface area contributed by atoms with Crippen LogP contribution in [0, 0.1) is 18.8 Å². The predicted molar refractivity (Wildman–Crippen MR) is 99.3 cm³/mol. The second-order valence-electron chi connectivity index (χ2n) is 5.76. The van der Waals surface area contributed by atoms with Gasteiger partial charge in [0.1, 0.15) is 24.1 Å². The Kier molecular flexibility index (Phi) is 7.52. The van der Waals surface area contributed by atoms with Crippen molar-refractivity contribution in [3.8, 4) is 23.3 Å². The van der Waals surface area contributed by atoms with E-state index in [0.717, 1.165) is 0 Å². The average Bonchev–Trinajstić information content (AvgIpc) is 2.63. The van der Waals surface area contributed by atoms with E-state index in [1.807, 2.05) is 0 Å². The van der Waals surface area contributed by atoms with Gasteiger partial charge in [0.25, 0.3) is 0 Å². The van der Waals surface area contributed by atoms with E-state index in [1.54, 1.807) is 39.3 Å². The Bertz CT molecular complexity index is 827. The Morgan fingerprint density at radius 2 is 1.89 bits per heavy atom. The lowest BCUT2D eigenvalue weighted by molar-refractivity contribution is -0.274. The van der Waals surface area contributed by atoms with E-state index in [2.05, 4.69) is 26.9 Å². The molecule has 2 aromatic rings. The Labute approximate surface area is 161 Å². The lowest BCUT2D eigenvalue weighted by atomic mass is 10.1. The summed E-state index contributed by atoms with van der Waals surface area (Å²) < 4.78 is 51.4. The molecule has 1 heterocycles. The minimum atomic E-state index is -4.73. The van der Waals surface area contributed by atoms with Crippen LogP contribution in [-0.2, 0) is 4.74 Å². The fourth-order valence-electron chi connectivity index (χ4n) is 2.37. The fourth-order valence-corrected chi connectivity index (χ4v) is 2.37. The molecule has 0 saturated heterocycles. The van der Waals surface area contributed by atoms with Crippen molar-refractivity contribution in [1.82, 2.24) is 4.98 Å². The number of rotatable bonds is 8. The van der Waals surface area contributed by atoms with E-state index < -0.39 is 12.4 Å². The maximum Gasteiger partial charge on any atom is 0.573 e. The number of ether oxygens (including phenoxy) is 3. The molecule has 8 heteroatoms. The summed E-state index contributed by atoms with van der Waals surface area (Å²) in [5, 5.41) is 3.19. The summed E-state index contributed by atoms with van der Waals surface area (Å²) in [6.45, 7) is 4.27. The normalized spacial score (nSPS) is 11.9. The molecule has 150 valence electrons. The van der Waals surface area contributed by atoms with Gasteiger partial charge in [0.2, 0.25) is 0 Å². The lowest BCUT2D eigenvalue weighted by Crippen LogP contribution is -2.17. The maximum atomic E-state index is 12.4. The molecule has 5 nitrogen and oxygen atoms in total. The summed E-state index contributed by atoms with van der Waals surface area (Å²) in [6.07, 6.45) is -3.14. The number of hydrogen-bond acceptors (Lipinski definition) is 5. The molecule has 0 fully saturated rings. The van der Waals surface area contributed by atoms with Gasteiger partial charge in [0, 0.05) is 12.8 Å². The predicted octanol–water partition coefficient (Wildman–Crippen LogP) is 4.49. The first-order valence-corrected chi connectivity index (χ1v) is 8.45. The van der Waals surface area contributed by atoms with Crippen molar-refractivity contribution in [3.05, 3.63) is 47.8 Å². The van der Waals surface area contributed by atoms with Crippen LogP contribution in [0.25, 0.3) is 0 Å². The van der Waals surface area contributed by atoms with Crippen LogP contribution in [0.3, 0.4) is 0 Å². The number of nitrogens with one attached hydrogen (secondary N) is 1. The molecule has 1 atom stereocenters. The van der Waals surface area contributed by atoms with Crippen LogP contribution < -0.4 is 14.8 Å². The van der Waals surface area contributed by atoms with Gasteiger partial charge in [-0.3, -0.25) is 4.98 Å². The molecule has 1 aromatic carbocycles. The van der Waals surface area contributed by atoms with Crippen LogP contribution in [0.2, 0.25) is 0 Å². The molecule has 0 saturated carbocycles. The van der Waals surface area contributed by atoms with Crippen LogP contribution in [0.5, 0.6) is 11.5 Å². The molecule has 0 radical (unpaired) electrons. The van der Waals surface area contributed by atoms with Crippen LogP contribution in [0.4, 0.5) is 18.9 Å². The van der Waals surface area contributed by atoms with E-state index >= 15 is 0 Å². The molecular formula is C20H21F3N2O3. The van der Waals surface area contributed by atoms with Crippen LogP contribution in [-0.4, -0.2) is 31.7 Å². The first kappa shape index (κ1) is 21.4. The molecule has 0 amide bonds. The summed E-state index contributed by atoms with van der Waals surface area (Å²) >= 11 is 0. The number of aryl methyl sites for hydroxylation is 1. The monoisotopic (exact) mass is 394 g/mol. The number of halogens is 3. The standard InChI is InChI=1S/C20H21F3N2O3/c1-4-5-19(18-9-7-16(13-24-18)27-11-10-26-3)25-17-8-6-15(12-14(17)2)28-20(21,22)23/h6-9,12-13,19,25H,10-11H2,1-3H3. The average molecular weight is 394 g/mol. The fraction of sp³-hybridized carbons (Fsp3) is 0.350. The number of pyridine rings is 1. The summed E-state index contributed by atoms with van der Waals surface area (Å²) in [6, 6.07) is 7.19. The molecule has 1 aromatic heterocycles. The van der Waals surface area contributed by atoms with Gasteiger partial charge in [0.15, 0.2) is 0 Å². The quantitative estimate of drug-likeness (QED) is 0.528. The first-order valence-electron chi connectivity index (χ1n) is 8.45. The topological polar surface area (TPSA) is 52.6 Å². The molecule has 1 unspecified atom stereocenters. The van der Waals surface area contributed by atoms with Crippen molar-refractivity contribution in [2.24, 2.45) is 0 Å². The molecule has 2 rings (SSSR count). The minimum absolute atomic E-state index is 0.274. The highest BCUT2D eigenvalue weighted by molar-refractivity contribution is 5.56. The van der Waals surface area contributed by atoms with E-state index in [-0.39, 0.29) is 5.75 Å². The van der Waals surface area contributed by atoms with Crippen LogP contribution in [0.15, 0.2) is 36.5 Å². The highest BCUT2D eigenvalue weighted by Crippen LogP contribution is 2.28. The molecule has 0 aliphatic heterocycles. The summed E-state index contributed by atoms with van der Waals surface area (Å²) in [4.78, 5) is 4.36. The SMILES string of the molecule is CC#CC(Nc1ccc(OC(F)(F)F)cc1C)c1ccc(OCCOC)cn1. The number of anilines is 1. The molecule has 0 aliphatic carbocycles. The zero-order chi connectivity index (χ0) is 20.6. The van der Waals surface area contributed by atoms with Crippen molar-refractivity contribution in [2.45, 2.75) is 26.3 Å². The number of methoxy groups -OCH3 is 1. The molecular weight excluding hydrogens is 373 g/mol. The van der Waals surface area contributed by atoms with Crippen molar-refractivity contribution in [3.63, 3.8) is 0 Å². The zero-order valence-corrected chi connectivity index (χ0v) is 15.8. The Morgan fingerprint density at radius 3 is 2.46 bits per heavy atom. The van der Waals surface area contributed by atoms with Crippen molar-refractivity contribution in [1.29, 1.82) is 0 Å². The summed E-state index contributed by atoms with van der Waals surface area (Å²) in [5.74, 6) is 6.17. The number of hydrogen-bond donors (Lipinski definition) is 1. The number of benzene rings is 1. The van der Waals surface area contributed by atoms with Crippen molar-refractivity contribution < 1.29 is 27.4 Å². The van der Waals surface area contributed by atoms with Gasteiger partial charge in [-0.2, -0.15) is 0 Å². The van der Waals surface area contributed by atoms with E-state index in [4.69, 9.17) is 9.47 Å². The third kappa shape index (κ3) is 6.67. The third-order valence-corrected chi connectivity index (χ3v) is 3.63. The van der Waals surface area contributed by atoms with Crippen molar-refractivity contribution in [2.75, 3.05) is 25.6 Å². The van der Waals surface area contributed by atoms with E-state index in [0.29, 0.717) is 35.9 Å². The van der Waals surface area contributed by atoms with Gasteiger partial charge >= 0.3 is 6.36 Å². The second-order valence-corrected chi connectivity index (χ2v) is 5.76. The Hall–Kier alpha value is -2.92. The highest BCUT2D eigenvalue weighted by atomic mass is 19.4. The Balaban J connectivity index is 2.13. The third-order valence-electron chi connectivity index (χ3n) is 3.63. The van der Waals surface area contributed by atoms with Gasteiger partial charge in [0.05, 0.1) is 18.5 Å². The lowest BCUT2D eigenvalue weighted by Gasteiger charge is -2.17. The highest BCUT2D eigenvalue weighted by Gasteiger charge is 2.31. The Morgan fingerprint density at radius 1 is 1.14 bits per heavy atom. The minimum Gasteiger partial charge on any atom is -0.490 e. The van der Waals surface area contributed by atoms with Gasteiger partial charge in [-0.05, 0) is 49.7 Å². The van der Waals surface area contributed by atoms with Crippen molar-refractivity contribution >= 4 is 5.69 Å². The van der Waals surface area contributed by atoms with E-state index in [9.17, 15) is 13.2 Å². The second kappa shape index (κ2) is 9.85. The summed E-state index contributed by atoms with van der Waals surface area (Å²) in [5.41, 5.74) is 1.87. The number of aromatic nitrogens is 1. The molecule has 0 bridgehead atoms. The zero-order valence-electron chi connectivity index (χ0n) is 15.8.